The molecule has 1 aromatic heterocycles. The quantitative estimate of drug-likeness (QED) is 0.364. The highest BCUT2D eigenvalue weighted by molar-refractivity contribution is 9.08. The van der Waals surface area contributed by atoms with Crippen molar-refractivity contribution in [3.63, 3.8) is 0 Å². The van der Waals surface area contributed by atoms with Crippen molar-refractivity contribution in [2.24, 2.45) is 0 Å². The van der Waals surface area contributed by atoms with Crippen LogP contribution in [0.2, 0.25) is 0 Å². The van der Waals surface area contributed by atoms with Crippen LogP contribution in [-0.4, -0.2) is 24.4 Å². The number of hydrogen-bond acceptors (Lipinski definition) is 4. The zero-order valence-electron chi connectivity index (χ0n) is 9.55. The highest BCUT2D eigenvalue weighted by atomic mass is 79.9. The standard InChI is InChI=1S/C10H8BrF4NO3/c1-18-7(17)2-5-4-16-9(12)8(6(5)3-11)19-10(13,14)15/h4H,2-3H2,1H3. The molecule has 1 heterocycles. The lowest BCUT2D eigenvalue weighted by atomic mass is 10.1. The highest BCUT2D eigenvalue weighted by Gasteiger charge is 2.34. The lowest BCUT2D eigenvalue weighted by Crippen LogP contribution is -2.20. The summed E-state index contributed by atoms with van der Waals surface area (Å²) >= 11 is 2.92. The first-order chi connectivity index (χ1) is 8.78. The Kier molecular flexibility index (Phi) is 5.10. The molecule has 0 bridgehead atoms. The zero-order valence-corrected chi connectivity index (χ0v) is 11.1. The number of rotatable bonds is 4. The highest BCUT2D eigenvalue weighted by Crippen LogP contribution is 2.32. The number of methoxy groups -OCH3 is 1. The Hall–Kier alpha value is -1.38. The third-order valence-corrected chi connectivity index (χ3v) is 2.66. The maximum Gasteiger partial charge on any atom is 0.573 e. The monoisotopic (exact) mass is 345 g/mol. The number of halogens is 5. The Labute approximate surface area is 113 Å². The largest absolute Gasteiger partial charge is 0.573 e. The molecule has 1 aromatic rings. The molecule has 4 nitrogen and oxygen atoms in total. The van der Waals surface area contributed by atoms with Gasteiger partial charge in [0.1, 0.15) is 0 Å². The Morgan fingerprint density at radius 2 is 2.11 bits per heavy atom. The number of nitrogens with zero attached hydrogens (tertiary/aromatic N) is 1. The molecule has 0 aliphatic carbocycles. The normalized spacial score (nSPS) is 11.3. The molecule has 0 unspecified atom stereocenters. The van der Waals surface area contributed by atoms with E-state index < -0.39 is 24.0 Å². The first-order valence-electron chi connectivity index (χ1n) is 4.83. The first kappa shape index (κ1) is 15.7. The average Bonchev–Trinajstić information content (AvgIpc) is 2.31. The van der Waals surface area contributed by atoms with E-state index in [1.165, 1.54) is 0 Å². The molecule has 1 rings (SSSR count). The minimum absolute atomic E-state index is 0.0874. The SMILES string of the molecule is COC(=O)Cc1cnc(F)c(OC(F)(F)F)c1CBr. The molecule has 0 amide bonds. The van der Waals surface area contributed by atoms with Crippen molar-refractivity contribution in [3.05, 3.63) is 23.3 Å². The molecule has 0 fully saturated rings. The van der Waals surface area contributed by atoms with E-state index in [-0.39, 0.29) is 22.9 Å². The van der Waals surface area contributed by atoms with Gasteiger partial charge in [-0.2, -0.15) is 4.39 Å². The molecule has 0 aliphatic rings. The number of pyridine rings is 1. The van der Waals surface area contributed by atoms with Gasteiger partial charge in [-0.3, -0.25) is 4.79 Å². The maximum atomic E-state index is 13.3. The summed E-state index contributed by atoms with van der Waals surface area (Å²) in [5.41, 5.74) is -0.0559. The maximum absolute atomic E-state index is 13.3. The second-order valence-corrected chi connectivity index (χ2v) is 3.88. The second-order valence-electron chi connectivity index (χ2n) is 3.32. The minimum Gasteiger partial charge on any atom is -0.469 e. The summed E-state index contributed by atoms with van der Waals surface area (Å²) in [5.74, 6) is -3.14. The Morgan fingerprint density at radius 3 is 2.58 bits per heavy atom. The molecule has 19 heavy (non-hydrogen) atoms. The van der Waals surface area contributed by atoms with E-state index in [0.29, 0.717) is 0 Å². The van der Waals surface area contributed by atoms with E-state index in [1.54, 1.807) is 0 Å². The van der Waals surface area contributed by atoms with Crippen LogP contribution in [0.4, 0.5) is 17.6 Å². The molecular weight excluding hydrogens is 338 g/mol. The van der Waals surface area contributed by atoms with E-state index in [4.69, 9.17) is 0 Å². The summed E-state index contributed by atoms with van der Waals surface area (Å²) in [7, 11) is 1.13. The first-order valence-corrected chi connectivity index (χ1v) is 5.95. The van der Waals surface area contributed by atoms with Crippen LogP contribution in [0.1, 0.15) is 11.1 Å². The second kappa shape index (κ2) is 6.18. The number of aromatic nitrogens is 1. The summed E-state index contributed by atoms with van der Waals surface area (Å²) in [5, 5.41) is -0.135. The number of alkyl halides is 4. The number of carbonyl (C=O) groups is 1. The van der Waals surface area contributed by atoms with Gasteiger partial charge in [0, 0.05) is 17.1 Å². The van der Waals surface area contributed by atoms with Crippen molar-refractivity contribution >= 4 is 21.9 Å². The molecule has 0 spiro atoms. The number of ether oxygens (including phenoxy) is 2. The van der Waals surface area contributed by atoms with Crippen molar-refractivity contribution in [1.29, 1.82) is 0 Å². The molecule has 0 N–H and O–H groups in total. The molecule has 9 heteroatoms. The van der Waals surface area contributed by atoms with Gasteiger partial charge in [-0.15, -0.1) is 13.2 Å². The van der Waals surface area contributed by atoms with Crippen LogP contribution in [-0.2, 0) is 21.3 Å². The fourth-order valence-electron chi connectivity index (χ4n) is 1.29. The smallest absolute Gasteiger partial charge is 0.469 e. The Balaban J connectivity index is 3.21. The Bertz CT molecular complexity index is 479. The summed E-state index contributed by atoms with van der Waals surface area (Å²) in [4.78, 5) is 14.2. The van der Waals surface area contributed by atoms with Gasteiger partial charge < -0.3 is 9.47 Å². The van der Waals surface area contributed by atoms with Gasteiger partial charge in [0.2, 0.25) is 0 Å². The third-order valence-electron chi connectivity index (χ3n) is 2.10. The third kappa shape index (κ3) is 4.34. The van der Waals surface area contributed by atoms with Crippen LogP contribution in [0.5, 0.6) is 5.75 Å². The van der Waals surface area contributed by atoms with Crippen LogP contribution in [0, 0.1) is 5.95 Å². The molecular formula is C10H8BrF4NO3. The van der Waals surface area contributed by atoms with E-state index in [0.717, 1.165) is 13.3 Å². The predicted octanol–water partition coefficient (Wildman–Crippen LogP) is 2.73. The lowest BCUT2D eigenvalue weighted by molar-refractivity contribution is -0.276. The van der Waals surface area contributed by atoms with Crippen molar-refractivity contribution < 1.29 is 31.8 Å². The van der Waals surface area contributed by atoms with Crippen LogP contribution in [0.25, 0.3) is 0 Å². The van der Waals surface area contributed by atoms with Crippen LogP contribution >= 0.6 is 15.9 Å². The molecule has 0 aromatic carbocycles. The van der Waals surface area contributed by atoms with Crippen molar-refractivity contribution in [1.82, 2.24) is 4.98 Å². The van der Waals surface area contributed by atoms with Crippen molar-refractivity contribution in [2.45, 2.75) is 18.1 Å². The van der Waals surface area contributed by atoms with Crippen LogP contribution < -0.4 is 4.74 Å². The van der Waals surface area contributed by atoms with E-state index in [9.17, 15) is 22.4 Å². The van der Waals surface area contributed by atoms with Crippen molar-refractivity contribution in [2.75, 3.05) is 7.11 Å². The van der Waals surface area contributed by atoms with Gasteiger partial charge in [0.05, 0.1) is 13.5 Å². The Morgan fingerprint density at radius 1 is 1.47 bits per heavy atom. The summed E-state index contributed by atoms with van der Waals surface area (Å²) in [6.45, 7) is 0. The van der Waals surface area contributed by atoms with E-state index in [2.05, 4.69) is 30.4 Å². The molecule has 0 aliphatic heterocycles. The number of hydrogen-bond donors (Lipinski definition) is 0. The molecule has 106 valence electrons. The van der Waals surface area contributed by atoms with Crippen molar-refractivity contribution in [3.8, 4) is 5.75 Å². The average molecular weight is 346 g/mol. The fourth-order valence-corrected chi connectivity index (χ4v) is 1.90. The van der Waals surface area contributed by atoms with E-state index in [1.807, 2.05) is 0 Å². The number of carbonyl (C=O) groups excluding carboxylic acids is 1. The summed E-state index contributed by atoms with van der Waals surface area (Å²) in [6, 6.07) is 0. The summed E-state index contributed by atoms with van der Waals surface area (Å²) in [6.07, 6.45) is -4.42. The van der Waals surface area contributed by atoms with Gasteiger partial charge >= 0.3 is 12.3 Å². The lowest BCUT2D eigenvalue weighted by Gasteiger charge is -2.15. The van der Waals surface area contributed by atoms with Gasteiger partial charge in [-0.05, 0) is 5.56 Å². The fraction of sp³-hybridized carbons (Fsp3) is 0.400. The predicted molar refractivity (Wildman–Crippen MR) is 59.2 cm³/mol. The van der Waals surface area contributed by atoms with E-state index >= 15 is 0 Å². The summed E-state index contributed by atoms with van der Waals surface area (Å²) < 4.78 is 57.8. The molecule has 0 radical (unpaired) electrons. The van der Waals surface area contributed by atoms with Gasteiger partial charge in [-0.1, -0.05) is 15.9 Å². The zero-order chi connectivity index (χ0) is 14.6. The topological polar surface area (TPSA) is 48.4 Å². The van der Waals surface area contributed by atoms with Gasteiger partial charge in [0.25, 0.3) is 5.95 Å². The van der Waals surface area contributed by atoms with Gasteiger partial charge in [-0.25, -0.2) is 4.98 Å². The van der Waals surface area contributed by atoms with Gasteiger partial charge in [0.15, 0.2) is 5.75 Å². The van der Waals surface area contributed by atoms with Crippen LogP contribution in [0.15, 0.2) is 6.20 Å². The molecule has 0 atom stereocenters. The minimum atomic E-state index is -5.05. The number of esters is 1. The molecule has 0 saturated carbocycles. The van der Waals surface area contributed by atoms with Crippen LogP contribution in [0.3, 0.4) is 0 Å². The molecule has 0 saturated heterocycles.